The summed E-state index contributed by atoms with van der Waals surface area (Å²) in [7, 11) is 5.82. The van der Waals surface area contributed by atoms with Gasteiger partial charge < -0.3 is 9.64 Å². The molecule has 0 radical (unpaired) electrons. The topological polar surface area (TPSA) is 12.5 Å². The van der Waals surface area contributed by atoms with Crippen molar-refractivity contribution in [3.8, 4) is 5.75 Å². The first kappa shape index (κ1) is 15.0. The van der Waals surface area contributed by atoms with E-state index in [4.69, 9.17) is 4.74 Å². The minimum Gasteiger partial charge on any atom is -0.497 e. The molecule has 0 saturated carbocycles. The predicted octanol–water partition coefficient (Wildman–Crippen LogP) is 3.08. The summed E-state index contributed by atoms with van der Waals surface area (Å²) < 4.78 is 5.12. The fraction of sp³-hybridized carbons (Fsp3) is 0.385. The Bertz CT molecular complexity index is 330. The zero-order valence-corrected chi connectivity index (χ0v) is 11.2. The second-order valence-electron chi connectivity index (χ2n) is 3.88. The molecule has 0 spiro atoms. The number of hydrogen-bond acceptors (Lipinski definition) is 2. The van der Waals surface area contributed by atoms with Gasteiger partial charge in [-0.3, -0.25) is 0 Å². The Morgan fingerprint density at radius 3 is 2.25 bits per heavy atom. The Morgan fingerprint density at radius 1 is 1.25 bits per heavy atom. The quantitative estimate of drug-likeness (QED) is 0.803. The van der Waals surface area contributed by atoms with E-state index in [0.29, 0.717) is 0 Å². The van der Waals surface area contributed by atoms with Crippen LogP contribution in [0, 0.1) is 0 Å². The van der Waals surface area contributed by atoms with Crippen LogP contribution in [0.5, 0.6) is 5.75 Å². The smallest absolute Gasteiger partial charge is 0.118 e. The van der Waals surface area contributed by atoms with Gasteiger partial charge in [-0.05, 0) is 44.3 Å². The van der Waals surface area contributed by atoms with Crippen molar-refractivity contribution in [2.24, 2.45) is 0 Å². The van der Waals surface area contributed by atoms with Crippen LogP contribution in [0.15, 0.2) is 30.3 Å². The normalized spacial score (nSPS) is 11.2. The van der Waals surface area contributed by atoms with Crippen molar-refractivity contribution in [2.45, 2.75) is 6.92 Å². The third-order valence-corrected chi connectivity index (χ3v) is 2.31. The van der Waals surface area contributed by atoms with Gasteiger partial charge in [-0.25, -0.2) is 0 Å². The molecule has 0 amide bonds. The lowest BCUT2D eigenvalue weighted by Crippen LogP contribution is -2.10. The zero-order valence-electron chi connectivity index (χ0n) is 10.4. The first-order chi connectivity index (χ1) is 7.13. The van der Waals surface area contributed by atoms with Gasteiger partial charge in [-0.1, -0.05) is 18.2 Å². The number of nitrogens with zero attached hydrogens (tertiary/aromatic N) is 1. The number of halogens is 1. The number of likely N-dealkylation sites (N-methyl/N-ethyl adjacent to an activating group) is 1. The van der Waals surface area contributed by atoms with Gasteiger partial charge in [0.15, 0.2) is 0 Å². The zero-order chi connectivity index (χ0) is 11.3. The van der Waals surface area contributed by atoms with Gasteiger partial charge >= 0.3 is 0 Å². The minimum absolute atomic E-state index is 0. The van der Waals surface area contributed by atoms with Crippen molar-refractivity contribution in [1.29, 1.82) is 0 Å². The fourth-order valence-electron chi connectivity index (χ4n) is 1.29. The van der Waals surface area contributed by atoms with Crippen LogP contribution in [-0.4, -0.2) is 32.6 Å². The summed E-state index contributed by atoms with van der Waals surface area (Å²) in [6.45, 7) is 3.10. The molecule has 3 heteroatoms. The van der Waals surface area contributed by atoms with E-state index < -0.39 is 0 Å². The third kappa shape index (κ3) is 4.69. The molecule has 0 unspecified atom stereocenters. The van der Waals surface area contributed by atoms with Crippen molar-refractivity contribution in [1.82, 2.24) is 4.90 Å². The van der Waals surface area contributed by atoms with E-state index in [9.17, 15) is 0 Å². The van der Waals surface area contributed by atoms with E-state index in [2.05, 4.69) is 44.1 Å². The second-order valence-corrected chi connectivity index (χ2v) is 3.88. The summed E-state index contributed by atoms with van der Waals surface area (Å²) in [6, 6.07) is 8.14. The van der Waals surface area contributed by atoms with Crippen molar-refractivity contribution >= 4 is 18.0 Å². The van der Waals surface area contributed by atoms with Crippen LogP contribution < -0.4 is 4.74 Å². The number of allylic oxidation sites excluding steroid dienone is 1. The Morgan fingerprint density at radius 2 is 1.81 bits per heavy atom. The molecular formula is C13H20ClNO. The van der Waals surface area contributed by atoms with Gasteiger partial charge in [0.05, 0.1) is 7.11 Å². The number of rotatable bonds is 4. The molecule has 0 atom stereocenters. The highest BCUT2D eigenvalue weighted by Gasteiger charge is 1.96. The van der Waals surface area contributed by atoms with Crippen LogP contribution in [0.3, 0.4) is 0 Å². The van der Waals surface area contributed by atoms with Crippen LogP contribution in [0.25, 0.3) is 5.57 Å². The van der Waals surface area contributed by atoms with Gasteiger partial charge in [0.1, 0.15) is 5.75 Å². The van der Waals surface area contributed by atoms with Gasteiger partial charge in [0.25, 0.3) is 0 Å². The maximum absolute atomic E-state index is 5.12. The minimum atomic E-state index is 0. The van der Waals surface area contributed by atoms with Crippen molar-refractivity contribution in [3.05, 3.63) is 35.9 Å². The molecule has 0 N–H and O–H groups in total. The average molecular weight is 242 g/mol. The fourth-order valence-corrected chi connectivity index (χ4v) is 1.29. The number of ether oxygens (including phenoxy) is 1. The lowest BCUT2D eigenvalue weighted by molar-refractivity contribution is 0.415. The summed E-state index contributed by atoms with van der Waals surface area (Å²) in [5, 5.41) is 0. The summed E-state index contributed by atoms with van der Waals surface area (Å²) >= 11 is 0. The lowest BCUT2D eigenvalue weighted by Gasteiger charge is -2.07. The van der Waals surface area contributed by atoms with Crippen LogP contribution >= 0.6 is 12.4 Å². The van der Waals surface area contributed by atoms with Gasteiger partial charge in [0.2, 0.25) is 0 Å². The second kappa shape index (κ2) is 7.31. The molecule has 90 valence electrons. The Labute approximate surface area is 104 Å². The molecule has 0 heterocycles. The maximum atomic E-state index is 5.12. The summed E-state index contributed by atoms with van der Waals surface area (Å²) in [6.07, 6.45) is 2.22. The van der Waals surface area contributed by atoms with E-state index in [-0.39, 0.29) is 12.4 Å². The monoisotopic (exact) mass is 241 g/mol. The molecule has 16 heavy (non-hydrogen) atoms. The van der Waals surface area contributed by atoms with Gasteiger partial charge in [0, 0.05) is 6.54 Å². The molecule has 0 aliphatic carbocycles. The molecule has 0 fully saturated rings. The number of benzene rings is 1. The molecule has 0 aliphatic rings. The van der Waals surface area contributed by atoms with Crippen molar-refractivity contribution < 1.29 is 4.74 Å². The Balaban J connectivity index is 0.00000225. The predicted molar refractivity (Wildman–Crippen MR) is 72.4 cm³/mol. The van der Waals surface area contributed by atoms with Gasteiger partial charge in [-0.2, -0.15) is 0 Å². The largest absolute Gasteiger partial charge is 0.497 e. The van der Waals surface area contributed by atoms with Crippen molar-refractivity contribution in [3.63, 3.8) is 0 Å². The first-order valence-corrected chi connectivity index (χ1v) is 5.09. The standard InChI is InChI=1S/C13H19NO.ClH/c1-11(9-10-14(2)3)12-5-7-13(15-4)8-6-12;/h5-9H,10H2,1-4H3;1H/b11-9+;. The van der Waals surface area contributed by atoms with Gasteiger partial charge in [-0.15, -0.1) is 12.4 Å². The van der Waals surface area contributed by atoms with E-state index in [1.165, 1.54) is 11.1 Å². The number of hydrogen-bond donors (Lipinski definition) is 0. The third-order valence-electron chi connectivity index (χ3n) is 2.31. The molecule has 0 aromatic heterocycles. The highest BCUT2D eigenvalue weighted by molar-refractivity contribution is 5.85. The summed E-state index contributed by atoms with van der Waals surface area (Å²) in [5.41, 5.74) is 2.55. The molecule has 2 nitrogen and oxygen atoms in total. The Hall–Kier alpha value is -0.990. The molecule has 1 aromatic rings. The van der Waals surface area contributed by atoms with E-state index >= 15 is 0 Å². The van der Waals surface area contributed by atoms with Crippen LogP contribution in [-0.2, 0) is 0 Å². The molecule has 0 bridgehead atoms. The molecule has 0 saturated heterocycles. The highest BCUT2D eigenvalue weighted by Crippen LogP contribution is 2.17. The van der Waals surface area contributed by atoms with Crippen LogP contribution in [0.4, 0.5) is 0 Å². The van der Waals surface area contributed by atoms with E-state index in [1.54, 1.807) is 7.11 Å². The first-order valence-electron chi connectivity index (χ1n) is 5.09. The molecule has 1 aromatic carbocycles. The van der Waals surface area contributed by atoms with E-state index in [1.807, 2.05) is 12.1 Å². The van der Waals surface area contributed by atoms with Crippen LogP contribution in [0.1, 0.15) is 12.5 Å². The van der Waals surface area contributed by atoms with Crippen molar-refractivity contribution in [2.75, 3.05) is 27.7 Å². The summed E-state index contributed by atoms with van der Waals surface area (Å²) in [4.78, 5) is 2.15. The average Bonchev–Trinajstić information content (AvgIpc) is 2.26. The maximum Gasteiger partial charge on any atom is 0.118 e. The highest BCUT2D eigenvalue weighted by atomic mass is 35.5. The molecule has 0 aliphatic heterocycles. The summed E-state index contributed by atoms with van der Waals surface area (Å²) in [5.74, 6) is 0.902. The SMILES string of the molecule is COc1ccc(/C(C)=C/CN(C)C)cc1.Cl. The number of methoxy groups -OCH3 is 1. The van der Waals surface area contributed by atoms with E-state index in [0.717, 1.165) is 12.3 Å². The van der Waals surface area contributed by atoms with Crippen LogP contribution in [0.2, 0.25) is 0 Å². The molecule has 1 rings (SSSR count). The molecular weight excluding hydrogens is 222 g/mol. The Kier molecular flexibility index (Phi) is 6.86. The lowest BCUT2D eigenvalue weighted by atomic mass is 10.1.